The maximum absolute atomic E-state index is 13.3. The van der Waals surface area contributed by atoms with Crippen LogP contribution in [0.15, 0.2) is 42.7 Å². The van der Waals surface area contributed by atoms with Gasteiger partial charge in [0.05, 0.1) is 17.2 Å². The van der Waals surface area contributed by atoms with E-state index in [0.717, 1.165) is 41.2 Å². The Hall–Kier alpha value is -2.02. The Kier molecular flexibility index (Phi) is 5.79. The number of hydrogen-bond donors (Lipinski definition) is 2. The van der Waals surface area contributed by atoms with Gasteiger partial charge < -0.3 is 15.8 Å². The number of aromatic nitrogens is 3. The van der Waals surface area contributed by atoms with E-state index in [2.05, 4.69) is 15.3 Å². The topological polar surface area (TPSA) is 85.1 Å². The van der Waals surface area contributed by atoms with Crippen LogP contribution < -0.4 is 5.32 Å². The van der Waals surface area contributed by atoms with Crippen LogP contribution in [0.2, 0.25) is 0 Å². The van der Waals surface area contributed by atoms with E-state index in [4.69, 9.17) is 4.98 Å². The van der Waals surface area contributed by atoms with Crippen molar-refractivity contribution in [1.29, 1.82) is 0 Å². The zero-order valence-corrected chi connectivity index (χ0v) is 15.7. The van der Waals surface area contributed by atoms with E-state index in [0.29, 0.717) is 12.0 Å². The predicted octanol–water partition coefficient (Wildman–Crippen LogP) is 3.68. The second-order valence-electron chi connectivity index (χ2n) is 7.39. The number of rotatable bonds is 3. The van der Waals surface area contributed by atoms with Crippen molar-refractivity contribution in [3.05, 3.63) is 59.9 Å². The Morgan fingerprint density at radius 3 is 2.56 bits per heavy atom. The summed E-state index contributed by atoms with van der Waals surface area (Å²) in [7, 11) is 0. The molecule has 0 radical (unpaired) electrons. The lowest BCUT2D eigenvalue weighted by molar-refractivity contribution is 0.266. The molecule has 144 valence electrons. The molecule has 2 aromatic heterocycles. The van der Waals surface area contributed by atoms with E-state index in [-0.39, 0.29) is 29.7 Å². The molecule has 1 aliphatic carbocycles. The highest BCUT2D eigenvalue weighted by molar-refractivity contribution is 5.85. The van der Waals surface area contributed by atoms with Gasteiger partial charge in [-0.05, 0) is 55.4 Å². The quantitative estimate of drug-likeness (QED) is 0.715. The fourth-order valence-electron chi connectivity index (χ4n) is 4.10. The summed E-state index contributed by atoms with van der Waals surface area (Å²) in [5, 5.41) is 3.80. The number of piperidine rings is 1. The molecule has 3 atom stereocenters. The minimum absolute atomic E-state index is 0. The summed E-state index contributed by atoms with van der Waals surface area (Å²) < 4.78 is 13.3. The lowest BCUT2D eigenvalue weighted by Crippen LogP contribution is -2.41. The summed E-state index contributed by atoms with van der Waals surface area (Å²) in [6.45, 7) is 0. The number of halogens is 2. The van der Waals surface area contributed by atoms with E-state index >= 15 is 0 Å². The number of aromatic amines is 1. The van der Waals surface area contributed by atoms with Crippen LogP contribution in [0.3, 0.4) is 0 Å². The highest BCUT2D eigenvalue weighted by Crippen LogP contribution is 2.43. The van der Waals surface area contributed by atoms with Gasteiger partial charge in [0.15, 0.2) is 0 Å². The number of fused-ring (bicyclic) bond motifs is 1. The van der Waals surface area contributed by atoms with Gasteiger partial charge in [-0.3, -0.25) is 0 Å². The number of H-pyrrole nitrogens is 1. The minimum Gasteiger partial charge on any atom is -0.412 e. The minimum atomic E-state index is -0.184. The van der Waals surface area contributed by atoms with Crippen LogP contribution in [0.1, 0.15) is 49.0 Å². The maximum atomic E-state index is 13.3. The first kappa shape index (κ1) is 19.7. The molecule has 1 saturated heterocycles. The van der Waals surface area contributed by atoms with Crippen molar-refractivity contribution in [2.24, 2.45) is 5.92 Å². The zero-order chi connectivity index (χ0) is 16.8. The van der Waals surface area contributed by atoms with Gasteiger partial charge in [0.1, 0.15) is 11.6 Å². The highest BCUT2D eigenvalue weighted by Gasteiger charge is 2.39. The summed E-state index contributed by atoms with van der Waals surface area (Å²) in [4.78, 5) is 12.6. The van der Waals surface area contributed by atoms with Gasteiger partial charge in [0, 0.05) is 24.2 Å². The van der Waals surface area contributed by atoms with Crippen LogP contribution >= 0.6 is 12.4 Å². The number of benzene rings is 1. The van der Waals surface area contributed by atoms with E-state index in [1.54, 1.807) is 12.1 Å². The molecule has 1 saturated carbocycles. The molecule has 3 aromatic rings. The highest BCUT2D eigenvalue weighted by atomic mass is 35.5. The number of nitrogens with one attached hydrogen (secondary N) is 2. The van der Waals surface area contributed by atoms with E-state index in [9.17, 15) is 4.39 Å². The van der Waals surface area contributed by atoms with Crippen LogP contribution in [0.5, 0.6) is 0 Å². The van der Waals surface area contributed by atoms with Crippen LogP contribution in [0.4, 0.5) is 4.39 Å². The standard InChI is InChI=1S/C20H21FN4.ClH.H2O/c21-15-5-3-13(4-6-15)18-10-14(9-17(24-18)12-1-2-12)20-23-11-19-16(25-20)7-8-22-19;;/h3-8,11-12,14,17-18,22,24H,1-2,9-10H2;1H;1H2. The molecule has 7 heteroatoms. The van der Waals surface area contributed by atoms with E-state index < -0.39 is 0 Å². The molecule has 1 aromatic carbocycles. The largest absolute Gasteiger partial charge is 0.412 e. The van der Waals surface area contributed by atoms with Gasteiger partial charge in [0.25, 0.3) is 0 Å². The molecule has 1 aliphatic heterocycles. The zero-order valence-electron chi connectivity index (χ0n) is 14.9. The molecule has 27 heavy (non-hydrogen) atoms. The Morgan fingerprint density at radius 1 is 1.04 bits per heavy atom. The second kappa shape index (κ2) is 7.92. The van der Waals surface area contributed by atoms with Crippen LogP contribution in [-0.2, 0) is 0 Å². The van der Waals surface area contributed by atoms with Crippen molar-refractivity contribution in [2.45, 2.75) is 43.7 Å². The van der Waals surface area contributed by atoms with Crippen LogP contribution in [0, 0.1) is 11.7 Å². The summed E-state index contributed by atoms with van der Waals surface area (Å²) in [6.07, 6.45) is 8.43. The summed E-state index contributed by atoms with van der Waals surface area (Å²) >= 11 is 0. The van der Waals surface area contributed by atoms with Crippen molar-refractivity contribution >= 4 is 23.4 Å². The molecule has 5 rings (SSSR count). The van der Waals surface area contributed by atoms with Crippen molar-refractivity contribution in [2.75, 3.05) is 0 Å². The normalized spacial score (nSPS) is 24.9. The molecular formula is C20H24ClFN4O. The molecule has 3 heterocycles. The third-order valence-electron chi connectivity index (χ3n) is 5.62. The fourth-order valence-corrected chi connectivity index (χ4v) is 4.10. The molecule has 0 spiro atoms. The first-order chi connectivity index (χ1) is 12.3. The molecular weight excluding hydrogens is 367 g/mol. The van der Waals surface area contributed by atoms with E-state index in [1.807, 2.05) is 30.6 Å². The molecule has 3 unspecified atom stereocenters. The maximum Gasteiger partial charge on any atom is 0.132 e. The lowest BCUT2D eigenvalue weighted by Gasteiger charge is -2.36. The van der Waals surface area contributed by atoms with Gasteiger partial charge in [-0.2, -0.15) is 0 Å². The fraction of sp³-hybridized carbons (Fsp3) is 0.400. The average molecular weight is 391 g/mol. The SMILES string of the molecule is Cl.Fc1ccc(C2CC(c3ncc4[nH]ccc4n3)CC(C3CC3)N2)cc1.O. The van der Waals surface area contributed by atoms with Gasteiger partial charge in [-0.1, -0.05) is 12.1 Å². The van der Waals surface area contributed by atoms with Crippen molar-refractivity contribution in [3.8, 4) is 0 Å². The Morgan fingerprint density at radius 2 is 1.81 bits per heavy atom. The van der Waals surface area contributed by atoms with Gasteiger partial charge in [-0.25, -0.2) is 14.4 Å². The van der Waals surface area contributed by atoms with Crippen molar-refractivity contribution in [1.82, 2.24) is 20.3 Å². The van der Waals surface area contributed by atoms with Crippen LogP contribution in [0.25, 0.3) is 11.0 Å². The molecule has 2 fully saturated rings. The smallest absolute Gasteiger partial charge is 0.132 e. The molecule has 0 bridgehead atoms. The summed E-state index contributed by atoms with van der Waals surface area (Å²) in [5.74, 6) is 1.85. The monoisotopic (exact) mass is 390 g/mol. The Labute approximate surface area is 163 Å². The van der Waals surface area contributed by atoms with Crippen molar-refractivity contribution < 1.29 is 9.87 Å². The first-order valence-corrected chi connectivity index (χ1v) is 9.08. The number of nitrogens with zero attached hydrogens (tertiary/aromatic N) is 2. The summed E-state index contributed by atoms with van der Waals surface area (Å²) in [5.41, 5.74) is 3.11. The van der Waals surface area contributed by atoms with Gasteiger partial charge in [0.2, 0.25) is 0 Å². The molecule has 2 aliphatic rings. The molecule has 5 nitrogen and oxygen atoms in total. The Bertz CT molecular complexity index is 896. The number of hydrogen-bond acceptors (Lipinski definition) is 3. The van der Waals surface area contributed by atoms with Gasteiger partial charge in [-0.15, -0.1) is 12.4 Å². The summed E-state index contributed by atoms with van der Waals surface area (Å²) in [6, 6.07) is 9.63. The molecule has 0 amide bonds. The second-order valence-corrected chi connectivity index (χ2v) is 7.39. The third kappa shape index (κ3) is 3.98. The van der Waals surface area contributed by atoms with Crippen molar-refractivity contribution in [3.63, 3.8) is 0 Å². The predicted molar refractivity (Wildman–Crippen MR) is 106 cm³/mol. The average Bonchev–Trinajstić information content (AvgIpc) is 3.39. The van der Waals surface area contributed by atoms with Crippen LogP contribution in [-0.4, -0.2) is 26.5 Å². The third-order valence-corrected chi connectivity index (χ3v) is 5.62. The first-order valence-electron chi connectivity index (χ1n) is 9.08. The lowest BCUT2D eigenvalue weighted by atomic mass is 9.83. The Balaban J connectivity index is 0.00000105. The molecule has 4 N–H and O–H groups in total. The van der Waals surface area contributed by atoms with Gasteiger partial charge >= 0.3 is 0 Å². The van der Waals surface area contributed by atoms with E-state index in [1.165, 1.54) is 12.8 Å².